The van der Waals surface area contributed by atoms with Gasteiger partial charge in [-0.2, -0.15) is 0 Å². The number of thiazole rings is 1. The van der Waals surface area contributed by atoms with E-state index in [1.54, 1.807) is 6.07 Å². The van der Waals surface area contributed by atoms with Gasteiger partial charge in [0.15, 0.2) is 21.1 Å². The fourth-order valence-electron chi connectivity index (χ4n) is 2.34. The van der Waals surface area contributed by atoms with Crippen LogP contribution in [-0.2, 0) is 14.6 Å². The number of carbonyl (C=O) groups excluding carboxylic acids is 1. The molecule has 0 aliphatic heterocycles. The molecule has 9 nitrogen and oxygen atoms in total. The Morgan fingerprint density at radius 2 is 2.03 bits per heavy atom. The largest absolute Gasteiger partial charge is 0.479 e. The minimum atomic E-state index is -3.35. The summed E-state index contributed by atoms with van der Waals surface area (Å²) in [4.78, 5) is 27.0. The van der Waals surface area contributed by atoms with Crippen molar-refractivity contribution >= 4 is 59.7 Å². The van der Waals surface area contributed by atoms with Crippen LogP contribution < -0.4 is 10.1 Å². The molecule has 0 spiro atoms. The molecule has 0 unspecified atom stereocenters. The standard InChI is InChI=1S/C17H14ClN3O6S2/c1-9(27-14-6-3-10(21(23)24)7-12(14)18)16(22)20-17-19-13-5-4-11(29(2,25)26)8-15(13)28-17/h3-9H,1-2H3,(H,19,20,22)/t9-/m1/s1. The number of fused-ring (bicyclic) bond motifs is 1. The highest BCUT2D eigenvalue weighted by Gasteiger charge is 2.20. The number of nitro benzene ring substituents is 1. The van der Waals surface area contributed by atoms with Crippen molar-refractivity contribution in [1.82, 2.24) is 4.98 Å². The van der Waals surface area contributed by atoms with Crippen LogP contribution in [-0.4, -0.2) is 36.6 Å². The van der Waals surface area contributed by atoms with Crippen molar-refractivity contribution in [2.45, 2.75) is 17.9 Å². The number of nitro groups is 1. The van der Waals surface area contributed by atoms with Gasteiger partial charge in [-0.1, -0.05) is 22.9 Å². The number of hydrogen-bond donors (Lipinski definition) is 1. The molecule has 1 amide bonds. The Labute approximate surface area is 174 Å². The monoisotopic (exact) mass is 455 g/mol. The minimum absolute atomic E-state index is 0.00661. The van der Waals surface area contributed by atoms with Crippen LogP contribution in [0, 0.1) is 10.1 Å². The molecule has 0 fully saturated rings. The Morgan fingerprint density at radius 3 is 2.66 bits per heavy atom. The zero-order valence-corrected chi connectivity index (χ0v) is 17.5. The first-order valence-corrected chi connectivity index (χ1v) is 11.2. The first-order chi connectivity index (χ1) is 13.5. The summed E-state index contributed by atoms with van der Waals surface area (Å²) in [5, 5.41) is 13.6. The SMILES string of the molecule is C[C@@H](Oc1ccc([N+](=O)[O-])cc1Cl)C(=O)Nc1nc2ccc(S(C)(=O)=O)cc2s1. The highest BCUT2D eigenvalue weighted by Crippen LogP contribution is 2.30. The molecule has 29 heavy (non-hydrogen) atoms. The first kappa shape index (κ1) is 21.0. The van der Waals surface area contributed by atoms with Crippen LogP contribution in [0.5, 0.6) is 5.75 Å². The number of sulfone groups is 1. The van der Waals surface area contributed by atoms with Gasteiger partial charge in [0.25, 0.3) is 11.6 Å². The molecule has 0 saturated carbocycles. The summed E-state index contributed by atoms with van der Waals surface area (Å²) >= 11 is 7.09. The average molecular weight is 456 g/mol. The maximum absolute atomic E-state index is 12.4. The number of ether oxygens (including phenoxy) is 1. The van der Waals surface area contributed by atoms with Crippen LogP contribution in [0.3, 0.4) is 0 Å². The van der Waals surface area contributed by atoms with Gasteiger partial charge in [-0.15, -0.1) is 0 Å². The summed E-state index contributed by atoms with van der Waals surface area (Å²) in [6, 6.07) is 8.18. The number of carbonyl (C=O) groups is 1. The van der Waals surface area contributed by atoms with Gasteiger partial charge in [0.2, 0.25) is 0 Å². The van der Waals surface area contributed by atoms with Crippen molar-refractivity contribution < 1.29 is 22.9 Å². The van der Waals surface area contributed by atoms with E-state index in [1.807, 2.05) is 0 Å². The van der Waals surface area contributed by atoms with Crippen molar-refractivity contribution in [3.05, 3.63) is 51.5 Å². The van der Waals surface area contributed by atoms with E-state index in [9.17, 15) is 23.3 Å². The van der Waals surface area contributed by atoms with Gasteiger partial charge in [-0.05, 0) is 31.2 Å². The fraction of sp³-hybridized carbons (Fsp3) is 0.176. The van der Waals surface area contributed by atoms with E-state index in [0.717, 1.165) is 23.7 Å². The summed E-state index contributed by atoms with van der Waals surface area (Å²) in [6.07, 6.45) is 0.146. The third kappa shape index (κ3) is 4.81. The van der Waals surface area contributed by atoms with E-state index in [0.29, 0.717) is 10.2 Å². The quantitative estimate of drug-likeness (QED) is 0.443. The van der Waals surface area contributed by atoms with E-state index in [1.165, 1.54) is 31.2 Å². The number of benzene rings is 2. The van der Waals surface area contributed by atoms with Gasteiger partial charge in [0.05, 0.1) is 25.1 Å². The lowest BCUT2D eigenvalue weighted by Gasteiger charge is -2.14. The molecule has 1 N–H and O–H groups in total. The topological polar surface area (TPSA) is 128 Å². The second kappa shape index (κ2) is 7.93. The van der Waals surface area contributed by atoms with E-state index in [2.05, 4.69) is 10.3 Å². The molecule has 152 valence electrons. The van der Waals surface area contributed by atoms with E-state index < -0.39 is 26.8 Å². The predicted octanol–water partition coefficient (Wildman–Crippen LogP) is 3.67. The number of anilines is 1. The smallest absolute Gasteiger partial charge is 0.271 e. The zero-order chi connectivity index (χ0) is 21.3. The third-order valence-corrected chi connectivity index (χ3v) is 6.16. The van der Waals surface area contributed by atoms with E-state index in [4.69, 9.17) is 16.3 Å². The molecule has 12 heteroatoms. The normalized spacial score (nSPS) is 12.5. The van der Waals surface area contributed by atoms with E-state index in [-0.39, 0.29) is 26.5 Å². The van der Waals surface area contributed by atoms with Gasteiger partial charge in [-0.3, -0.25) is 20.2 Å². The van der Waals surface area contributed by atoms with E-state index >= 15 is 0 Å². The molecule has 2 aromatic carbocycles. The van der Waals surface area contributed by atoms with Crippen LogP contribution in [0.2, 0.25) is 5.02 Å². The fourth-order valence-corrected chi connectivity index (χ4v) is 4.19. The minimum Gasteiger partial charge on any atom is -0.479 e. The highest BCUT2D eigenvalue weighted by molar-refractivity contribution is 7.90. The second-order valence-corrected chi connectivity index (χ2v) is 9.50. The maximum Gasteiger partial charge on any atom is 0.271 e. The zero-order valence-electron chi connectivity index (χ0n) is 15.1. The lowest BCUT2D eigenvalue weighted by Crippen LogP contribution is -2.30. The lowest BCUT2D eigenvalue weighted by molar-refractivity contribution is -0.384. The molecule has 0 radical (unpaired) electrons. The van der Waals surface area contributed by atoms with Crippen LogP contribution in [0.1, 0.15) is 6.92 Å². The molecular formula is C17H14ClN3O6S2. The summed E-state index contributed by atoms with van der Waals surface area (Å²) in [7, 11) is -3.35. The lowest BCUT2D eigenvalue weighted by atomic mass is 10.3. The molecule has 1 heterocycles. The molecule has 1 aromatic heterocycles. The van der Waals surface area contributed by atoms with Crippen LogP contribution >= 0.6 is 22.9 Å². The molecule has 0 aliphatic carbocycles. The van der Waals surface area contributed by atoms with Gasteiger partial charge in [0, 0.05) is 18.4 Å². The molecule has 3 aromatic rings. The number of amides is 1. The predicted molar refractivity (Wildman–Crippen MR) is 110 cm³/mol. The average Bonchev–Trinajstić information content (AvgIpc) is 3.03. The number of halogens is 1. The second-order valence-electron chi connectivity index (χ2n) is 6.04. The summed E-state index contributed by atoms with van der Waals surface area (Å²) in [5.41, 5.74) is 0.354. The number of non-ortho nitro benzene ring substituents is 1. The number of nitrogens with zero attached hydrogens (tertiary/aromatic N) is 2. The van der Waals surface area contributed by atoms with Gasteiger partial charge in [-0.25, -0.2) is 13.4 Å². The van der Waals surface area contributed by atoms with Gasteiger partial charge >= 0.3 is 0 Å². The Balaban J connectivity index is 1.73. The first-order valence-electron chi connectivity index (χ1n) is 8.06. The van der Waals surface area contributed by atoms with Gasteiger partial charge < -0.3 is 4.74 Å². The molecule has 0 aliphatic rings. The summed E-state index contributed by atoms with van der Waals surface area (Å²) in [5.74, 6) is -0.385. The van der Waals surface area contributed by atoms with Crippen molar-refractivity contribution in [3.8, 4) is 5.75 Å². The van der Waals surface area contributed by atoms with Crippen LogP contribution in [0.25, 0.3) is 10.2 Å². The Morgan fingerprint density at radius 1 is 1.31 bits per heavy atom. The molecule has 0 bridgehead atoms. The Hall–Kier alpha value is -2.76. The number of hydrogen-bond acceptors (Lipinski definition) is 8. The Kier molecular flexibility index (Phi) is 5.73. The summed E-state index contributed by atoms with van der Waals surface area (Å²) < 4.78 is 29.4. The molecular weight excluding hydrogens is 442 g/mol. The maximum atomic E-state index is 12.4. The number of aromatic nitrogens is 1. The van der Waals surface area contributed by atoms with Crippen LogP contribution in [0.4, 0.5) is 10.8 Å². The van der Waals surface area contributed by atoms with Crippen molar-refractivity contribution in [3.63, 3.8) is 0 Å². The van der Waals surface area contributed by atoms with Crippen molar-refractivity contribution in [2.24, 2.45) is 0 Å². The van der Waals surface area contributed by atoms with Crippen molar-refractivity contribution in [1.29, 1.82) is 0 Å². The van der Waals surface area contributed by atoms with Crippen molar-refractivity contribution in [2.75, 3.05) is 11.6 Å². The number of rotatable bonds is 6. The summed E-state index contributed by atoms with van der Waals surface area (Å²) in [6.45, 7) is 1.49. The third-order valence-electron chi connectivity index (χ3n) is 3.82. The molecule has 1 atom stereocenters. The van der Waals surface area contributed by atoms with Crippen LogP contribution in [0.15, 0.2) is 41.3 Å². The Bertz CT molecular complexity index is 1230. The number of nitrogens with one attached hydrogen (secondary N) is 1. The highest BCUT2D eigenvalue weighted by atomic mass is 35.5. The molecule has 3 rings (SSSR count). The van der Waals surface area contributed by atoms with Gasteiger partial charge in [0.1, 0.15) is 5.75 Å². The molecule has 0 saturated heterocycles.